The van der Waals surface area contributed by atoms with Gasteiger partial charge in [0.2, 0.25) is 0 Å². The zero-order valence-electron chi connectivity index (χ0n) is 14.2. The van der Waals surface area contributed by atoms with E-state index >= 15 is 0 Å². The van der Waals surface area contributed by atoms with E-state index in [0.717, 1.165) is 41.1 Å². The van der Waals surface area contributed by atoms with Crippen molar-refractivity contribution in [1.29, 1.82) is 0 Å². The average molecular weight is 309 g/mol. The van der Waals surface area contributed by atoms with Gasteiger partial charge in [0.25, 0.3) is 0 Å². The highest BCUT2D eigenvalue weighted by atomic mass is 16.5. The summed E-state index contributed by atoms with van der Waals surface area (Å²) in [7, 11) is 1.67. The molecule has 0 N–H and O–H groups in total. The zero-order valence-corrected chi connectivity index (χ0v) is 14.2. The van der Waals surface area contributed by atoms with Crippen molar-refractivity contribution in [3.05, 3.63) is 58.9 Å². The first-order valence-electron chi connectivity index (χ1n) is 8.08. The number of carbonyl (C=O) groups excluding carboxylic acids is 1. The number of nitrogens with zero attached hydrogens (tertiary/aromatic N) is 1. The third-order valence-corrected chi connectivity index (χ3v) is 4.64. The topological polar surface area (TPSA) is 39.2 Å². The fraction of sp³-hybridized carbons (Fsp3) is 0.400. The van der Waals surface area contributed by atoms with Crippen molar-refractivity contribution in [1.82, 2.24) is 4.98 Å². The lowest BCUT2D eigenvalue weighted by Gasteiger charge is -2.33. The molecular weight excluding hydrogens is 286 g/mol. The van der Waals surface area contributed by atoms with Crippen LogP contribution in [0.2, 0.25) is 0 Å². The molecule has 0 bridgehead atoms. The Morgan fingerprint density at radius 3 is 2.78 bits per heavy atom. The molecule has 0 amide bonds. The van der Waals surface area contributed by atoms with E-state index in [1.165, 1.54) is 0 Å². The minimum absolute atomic E-state index is 0.214. The van der Waals surface area contributed by atoms with E-state index in [1.54, 1.807) is 7.11 Å². The molecule has 0 saturated carbocycles. The monoisotopic (exact) mass is 309 g/mol. The zero-order chi connectivity index (χ0) is 16.6. The molecule has 3 heteroatoms. The number of ether oxygens (including phenoxy) is 1. The lowest BCUT2D eigenvalue weighted by molar-refractivity contribution is 0.0795. The number of aromatic nitrogens is 1. The van der Waals surface area contributed by atoms with Gasteiger partial charge in [0.1, 0.15) is 5.75 Å². The minimum atomic E-state index is -0.289. The normalized spacial score (nSPS) is 19.3. The molecule has 0 fully saturated rings. The Balaban J connectivity index is 1.92. The number of ketones is 1. The number of methoxy groups -OCH3 is 1. The molecule has 1 heterocycles. The molecule has 0 aliphatic heterocycles. The van der Waals surface area contributed by atoms with Crippen LogP contribution in [-0.2, 0) is 6.42 Å². The molecule has 2 aromatic rings. The third kappa shape index (κ3) is 3.00. The fourth-order valence-electron chi connectivity index (χ4n) is 3.49. The van der Waals surface area contributed by atoms with Gasteiger partial charge in [-0.25, -0.2) is 0 Å². The highest BCUT2D eigenvalue weighted by Crippen LogP contribution is 2.40. The van der Waals surface area contributed by atoms with E-state index in [4.69, 9.17) is 9.72 Å². The first-order valence-corrected chi connectivity index (χ1v) is 8.08. The van der Waals surface area contributed by atoms with Gasteiger partial charge in [0.05, 0.1) is 12.8 Å². The largest absolute Gasteiger partial charge is 0.497 e. The van der Waals surface area contributed by atoms with Crippen LogP contribution in [-0.4, -0.2) is 17.9 Å². The van der Waals surface area contributed by atoms with Crippen LogP contribution in [0.5, 0.6) is 5.75 Å². The molecule has 0 spiro atoms. The average Bonchev–Trinajstić information content (AvgIpc) is 2.53. The van der Waals surface area contributed by atoms with Crippen LogP contribution in [0, 0.1) is 5.41 Å². The number of hydrogen-bond donors (Lipinski definition) is 0. The molecular formula is C20H23NO2. The molecule has 0 radical (unpaired) electrons. The van der Waals surface area contributed by atoms with Gasteiger partial charge in [-0.15, -0.1) is 0 Å². The molecule has 0 saturated heterocycles. The number of fused-ring (bicyclic) bond motifs is 1. The molecule has 23 heavy (non-hydrogen) atoms. The molecule has 1 aromatic carbocycles. The smallest absolute Gasteiger partial charge is 0.170 e. The number of carbonyl (C=O) groups is 1. The standard InChI is InChI=1S/C20H23NO2/c1-13-12-20(2,3)19(22)17-9-8-15(21-18(13)17)10-14-6-5-7-16(11-14)23-4/h5-9,11,13H,10,12H2,1-4H3. The van der Waals surface area contributed by atoms with Gasteiger partial charge in [0, 0.05) is 29.0 Å². The van der Waals surface area contributed by atoms with Gasteiger partial charge in [-0.1, -0.05) is 32.9 Å². The second kappa shape index (κ2) is 5.80. The van der Waals surface area contributed by atoms with E-state index in [0.29, 0.717) is 5.92 Å². The summed E-state index contributed by atoms with van der Waals surface area (Å²) >= 11 is 0. The Bertz CT molecular complexity index is 749. The Kier molecular flexibility index (Phi) is 3.97. The highest BCUT2D eigenvalue weighted by Gasteiger charge is 2.38. The van der Waals surface area contributed by atoms with Crippen LogP contribution in [0.15, 0.2) is 36.4 Å². The van der Waals surface area contributed by atoms with Crippen LogP contribution >= 0.6 is 0 Å². The number of Topliss-reactive ketones (excluding diaryl/α,β-unsaturated/α-hetero) is 1. The Morgan fingerprint density at radius 1 is 1.26 bits per heavy atom. The van der Waals surface area contributed by atoms with Crippen molar-refractivity contribution in [2.24, 2.45) is 5.41 Å². The van der Waals surface area contributed by atoms with Crippen LogP contribution in [0.3, 0.4) is 0 Å². The lowest BCUT2D eigenvalue weighted by atomic mass is 9.70. The maximum Gasteiger partial charge on any atom is 0.170 e. The predicted molar refractivity (Wildman–Crippen MR) is 91.2 cm³/mol. The highest BCUT2D eigenvalue weighted by molar-refractivity contribution is 6.02. The van der Waals surface area contributed by atoms with Gasteiger partial charge in [-0.2, -0.15) is 0 Å². The lowest BCUT2D eigenvalue weighted by Crippen LogP contribution is -2.32. The SMILES string of the molecule is COc1cccc(Cc2ccc3c(n2)C(C)CC(C)(C)C3=O)c1. The second-order valence-corrected chi connectivity index (χ2v) is 7.08. The van der Waals surface area contributed by atoms with Gasteiger partial charge in [-0.05, 0) is 36.2 Å². The molecule has 3 rings (SSSR count). The molecule has 3 nitrogen and oxygen atoms in total. The maximum atomic E-state index is 12.6. The van der Waals surface area contributed by atoms with Crippen molar-refractivity contribution in [2.45, 2.75) is 39.5 Å². The second-order valence-electron chi connectivity index (χ2n) is 7.08. The van der Waals surface area contributed by atoms with Crippen molar-refractivity contribution in [2.75, 3.05) is 7.11 Å². The van der Waals surface area contributed by atoms with Crippen LogP contribution in [0.4, 0.5) is 0 Å². The summed E-state index contributed by atoms with van der Waals surface area (Å²) < 4.78 is 5.27. The third-order valence-electron chi connectivity index (χ3n) is 4.64. The van der Waals surface area contributed by atoms with Crippen molar-refractivity contribution in [3.8, 4) is 5.75 Å². The van der Waals surface area contributed by atoms with Crippen LogP contribution < -0.4 is 4.74 Å². The van der Waals surface area contributed by atoms with E-state index < -0.39 is 0 Å². The van der Waals surface area contributed by atoms with Crippen molar-refractivity contribution in [3.63, 3.8) is 0 Å². The van der Waals surface area contributed by atoms with Gasteiger partial charge in [-0.3, -0.25) is 9.78 Å². The summed E-state index contributed by atoms with van der Waals surface area (Å²) in [5.74, 6) is 1.37. The first kappa shape index (κ1) is 15.7. The Hall–Kier alpha value is -2.16. The Labute approximate surface area is 137 Å². The predicted octanol–water partition coefficient (Wildman–Crippen LogP) is 4.40. The molecule has 1 aromatic heterocycles. The fourth-order valence-corrected chi connectivity index (χ4v) is 3.49. The molecule has 1 aliphatic rings. The number of hydrogen-bond acceptors (Lipinski definition) is 3. The minimum Gasteiger partial charge on any atom is -0.497 e. The van der Waals surface area contributed by atoms with E-state index in [9.17, 15) is 4.79 Å². The van der Waals surface area contributed by atoms with E-state index in [-0.39, 0.29) is 11.2 Å². The van der Waals surface area contributed by atoms with E-state index in [2.05, 4.69) is 13.0 Å². The van der Waals surface area contributed by atoms with Gasteiger partial charge < -0.3 is 4.74 Å². The molecule has 1 aliphatic carbocycles. The summed E-state index contributed by atoms with van der Waals surface area (Å²) in [5, 5.41) is 0. The van der Waals surface area contributed by atoms with Crippen LogP contribution in [0.25, 0.3) is 0 Å². The molecule has 1 unspecified atom stereocenters. The van der Waals surface area contributed by atoms with Gasteiger partial charge >= 0.3 is 0 Å². The quantitative estimate of drug-likeness (QED) is 0.843. The number of pyridine rings is 1. The number of benzene rings is 1. The number of rotatable bonds is 3. The van der Waals surface area contributed by atoms with Crippen molar-refractivity contribution >= 4 is 5.78 Å². The Morgan fingerprint density at radius 2 is 2.04 bits per heavy atom. The van der Waals surface area contributed by atoms with Crippen molar-refractivity contribution < 1.29 is 9.53 Å². The summed E-state index contributed by atoms with van der Waals surface area (Å²) in [6.45, 7) is 6.22. The van der Waals surface area contributed by atoms with E-state index in [1.807, 2.05) is 44.2 Å². The van der Waals surface area contributed by atoms with Gasteiger partial charge in [0.15, 0.2) is 5.78 Å². The van der Waals surface area contributed by atoms with Crippen LogP contribution in [0.1, 0.15) is 60.4 Å². The summed E-state index contributed by atoms with van der Waals surface area (Å²) in [4.78, 5) is 17.4. The maximum absolute atomic E-state index is 12.6. The summed E-state index contributed by atoms with van der Waals surface area (Å²) in [5.41, 5.74) is 3.61. The first-order chi connectivity index (χ1) is 10.9. The summed E-state index contributed by atoms with van der Waals surface area (Å²) in [6.07, 6.45) is 1.60. The molecule has 120 valence electrons. The summed E-state index contributed by atoms with van der Waals surface area (Å²) in [6, 6.07) is 12.0. The molecule has 1 atom stereocenters.